The third kappa shape index (κ3) is 1.73. The maximum Gasteiger partial charge on any atom is 0.139 e. The lowest BCUT2D eigenvalue weighted by Gasteiger charge is -1.98. The molecule has 0 fully saturated rings. The largest absolute Gasteiger partial charge is 0.391 e. The summed E-state index contributed by atoms with van der Waals surface area (Å²) in [7, 11) is 0. The van der Waals surface area contributed by atoms with Gasteiger partial charge in [-0.3, -0.25) is 9.97 Å². The summed E-state index contributed by atoms with van der Waals surface area (Å²) in [4.78, 5) is 8.29. The Morgan fingerprint density at radius 1 is 1.27 bits per heavy atom. The third-order valence-electron chi connectivity index (χ3n) is 2.17. The summed E-state index contributed by atoms with van der Waals surface area (Å²) in [5.74, 6) is 0.606. The van der Waals surface area contributed by atoms with Gasteiger partial charge in [-0.1, -0.05) is 5.16 Å². The van der Waals surface area contributed by atoms with Gasteiger partial charge in [0.05, 0.1) is 18.5 Å². The van der Waals surface area contributed by atoms with E-state index >= 15 is 0 Å². The van der Waals surface area contributed by atoms with Gasteiger partial charge in [0.25, 0.3) is 0 Å². The average Bonchev–Trinajstić information content (AvgIpc) is 2.61. The van der Waals surface area contributed by atoms with Crippen molar-refractivity contribution in [3.8, 4) is 11.4 Å². The molecule has 0 aliphatic carbocycles. The van der Waals surface area contributed by atoms with Crippen LogP contribution >= 0.6 is 0 Å². The SMILES string of the molecule is Cc1cnc(-c2noc(C)c2CO)cn1. The number of aliphatic hydroxyl groups is 1. The van der Waals surface area contributed by atoms with Crippen molar-refractivity contribution in [2.45, 2.75) is 20.5 Å². The summed E-state index contributed by atoms with van der Waals surface area (Å²) in [6.45, 7) is 3.50. The molecule has 2 rings (SSSR count). The van der Waals surface area contributed by atoms with Crippen LogP contribution in [0.2, 0.25) is 0 Å². The molecule has 78 valence electrons. The first-order valence-corrected chi connectivity index (χ1v) is 4.57. The number of hydrogen-bond acceptors (Lipinski definition) is 5. The Morgan fingerprint density at radius 2 is 2.07 bits per heavy atom. The second-order valence-corrected chi connectivity index (χ2v) is 3.27. The fourth-order valence-electron chi connectivity index (χ4n) is 1.29. The Kier molecular flexibility index (Phi) is 2.47. The molecule has 0 saturated heterocycles. The minimum atomic E-state index is -0.111. The first-order chi connectivity index (χ1) is 7.22. The summed E-state index contributed by atoms with van der Waals surface area (Å²) in [6, 6.07) is 0. The van der Waals surface area contributed by atoms with Crippen LogP contribution in [-0.2, 0) is 6.61 Å². The predicted molar refractivity (Wildman–Crippen MR) is 52.9 cm³/mol. The Hall–Kier alpha value is -1.75. The normalized spacial score (nSPS) is 10.6. The van der Waals surface area contributed by atoms with Crippen molar-refractivity contribution in [1.29, 1.82) is 0 Å². The maximum absolute atomic E-state index is 9.16. The van der Waals surface area contributed by atoms with Crippen molar-refractivity contribution in [1.82, 2.24) is 15.1 Å². The Labute approximate surface area is 86.8 Å². The fraction of sp³-hybridized carbons (Fsp3) is 0.300. The standard InChI is InChI=1S/C10H11N3O2/c1-6-3-12-9(4-11-6)10-8(5-14)7(2)15-13-10/h3-4,14H,5H2,1-2H3. The molecule has 2 aromatic rings. The number of aryl methyl sites for hydroxylation is 2. The zero-order valence-electron chi connectivity index (χ0n) is 8.56. The van der Waals surface area contributed by atoms with Crippen LogP contribution < -0.4 is 0 Å². The van der Waals surface area contributed by atoms with Crippen LogP contribution in [-0.4, -0.2) is 20.2 Å². The first-order valence-electron chi connectivity index (χ1n) is 4.57. The Balaban J connectivity index is 2.49. The first kappa shape index (κ1) is 9.79. The van der Waals surface area contributed by atoms with E-state index in [1.807, 2.05) is 6.92 Å². The minimum absolute atomic E-state index is 0.111. The van der Waals surface area contributed by atoms with Gasteiger partial charge < -0.3 is 9.63 Å². The Morgan fingerprint density at radius 3 is 2.67 bits per heavy atom. The van der Waals surface area contributed by atoms with Gasteiger partial charge in [0.2, 0.25) is 0 Å². The van der Waals surface area contributed by atoms with E-state index in [0.29, 0.717) is 22.7 Å². The zero-order chi connectivity index (χ0) is 10.8. The van der Waals surface area contributed by atoms with Crippen LogP contribution in [0.25, 0.3) is 11.4 Å². The van der Waals surface area contributed by atoms with Crippen LogP contribution in [0.5, 0.6) is 0 Å². The van der Waals surface area contributed by atoms with Gasteiger partial charge in [-0.25, -0.2) is 0 Å². The van der Waals surface area contributed by atoms with Crippen molar-refractivity contribution < 1.29 is 9.63 Å². The smallest absolute Gasteiger partial charge is 0.139 e. The topological polar surface area (TPSA) is 72.0 Å². The summed E-state index contributed by atoms with van der Waals surface area (Å²) >= 11 is 0. The molecule has 5 heteroatoms. The number of aliphatic hydroxyl groups excluding tert-OH is 1. The fourth-order valence-corrected chi connectivity index (χ4v) is 1.29. The van der Waals surface area contributed by atoms with Gasteiger partial charge in [-0.05, 0) is 13.8 Å². The van der Waals surface area contributed by atoms with Gasteiger partial charge in [0.1, 0.15) is 17.1 Å². The highest BCUT2D eigenvalue weighted by Crippen LogP contribution is 2.22. The highest BCUT2D eigenvalue weighted by atomic mass is 16.5. The zero-order valence-corrected chi connectivity index (χ0v) is 8.56. The summed E-state index contributed by atoms with van der Waals surface area (Å²) < 4.78 is 4.99. The predicted octanol–water partition coefficient (Wildman–Crippen LogP) is 1.24. The van der Waals surface area contributed by atoms with Gasteiger partial charge >= 0.3 is 0 Å². The lowest BCUT2D eigenvalue weighted by molar-refractivity contribution is 0.278. The van der Waals surface area contributed by atoms with E-state index in [2.05, 4.69) is 15.1 Å². The molecular formula is C10H11N3O2. The van der Waals surface area contributed by atoms with E-state index in [-0.39, 0.29) is 6.61 Å². The molecule has 15 heavy (non-hydrogen) atoms. The van der Waals surface area contributed by atoms with E-state index in [9.17, 15) is 0 Å². The quantitative estimate of drug-likeness (QED) is 0.798. The van der Waals surface area contributed by atoms with Crippen LogP contribution in [0.4, 0.5) is 0 Å². The lowest BCUT2D eigenvalue weighted by Crippen LogP contribution is -1.92. The van der Waals surface area contributed by atoms with Gasteiger partial charge in [-0.2, -0.15) is 0 Å². The van der Waals surface area contributed by atoms with E-state index < -0.39 is 0 Å². The van der Waals surface area contributed by atoms with Crippen molar-refractivity contribution in [2.24, 2.45) is 0 Å². The molecule has 0 aliphatic heterocycles. The summed E-state index contributed by atoms with van der Waals surface area (Å²) in [5, 5.41) is 13.0. The highest BCUT2D eigenvalue weighted by molar-refractivity contribution is 5.57. The van der Waals surface area contributed by atoms with Crippen LogP contribution in [0, 0.1) is 13.8 Å². The maximum atomic E-state index is 9.16. The molecule has 0 unspecified atom stereocenters. The van der Waals surface area contributed by atoms with E-state index in [1.165, 1.54) is 0 Å². The monoisotopic (exact) mass is 205 g/mol. The van der Waals surface area contributed by atoms with E-state index in [1.54, 1.807) is 19.3 Å². The molecule has 0 bridgehead atoms. The molecule has 2 heterocycles. The number of aromatic nitrogens is 3. The van der Waals surface area contributed by atoms with Crippen molar-refractivity contribution in [3.63, 3.8) is 0 Å². The molecule has 0 amide bonds. The molecule has 2 aromatic heterocycles. The second-order valence-electron chi connectivity index (χ2n) is 3.27. The molecule has 0 saturated carbocycles. The number of rotatable bonds is 2. The molecule has 0 radical (unpaired) electrons. The Bertz CT molecular complexity index is 462. The van der Waals surface area contributed by atoms with Gasteiger partial charge in [0, 0.05) is 11.8 Å². The van der Waals surface area contributed by atoms with Gasteiger partial charge in [0.15, 0.2) is 0 Å². The van der Waals surface area contributed by atoms with Crippen LogP contribution in [0.15, 0.2) is 16.9 Å². The van der Waals surface area contributed by atoms with E-state index in [0.717, 1.165) is 5.69 Å². The molecule has 0 spiro atoms. The van der Waals surface area contributed by atoms with Crippen LogP contribution in [0.3, 0.4) is 0 Å². The molecule has 0 aliphatic rings. The number of nitrogens with zero attached hydrogens (tertiary/aromatic N) is 3. The summed E-state index contributed by atoms with van der Waals surface area (Å²) in [5.41, 5.74) is 2.67. The second kappa shape index (κ2) is 3.78. The van der Waals surface area contributed by atoms with Crippen molar-refractivity contribution >= 4 is 0 Å². The van der Waals surface area contributed by atoms with Crippen molar-refractivity contribution in [3.05, 3.63) is 29.4 Å². The third-order valence-corrected chi connectivity index (χ3v) is 2.17. The lowest BCUT2D eigenvalue weighted by atomic mass is 10.1. The minimum Gasteiger partial charge on any atom is -0.391 e. The molecule has 5 nitrogen and oxygen atoms in total. The molecule has 0 aromatic carbocycles. The van der Waals surface area contributed by atoms with Crippen molar-refractivity contribution in [2.75, 3.05) is 0 Å². The van der Waals surface area contributed by atoms with Crippen LogP contribution in [0.1, 0.15) is 17.0 Å². The number of hydrogen-bond donors (Lipinski definition) is 1. The molecule has 1 N–H and O–H groups in total. The highest BCUT2D eigenvalue weighted by Gasteiger charge is 2.14. The van der Waals surface area contributed by atoms with Gasteiger partial charge in [-0.15, -0.1) is 0 Å². The van der Waals surface area contributed by atoms with E-state index in [4.69, 9.17) is 9.63 Å². The summed E-state index contributed by atoms with van der Waals surface area (Å²) in [6.07, 6.45) is 3.27. The average molecular weight is 205 g/mol. The molecular weight excluding hydrogens is 194 g/mol. The molecule has 0 atom stereocenters.